The molecular formula is C21H15F3N4O4. The van der Waals surface area contributed by atoms with Crippen LogP contribution in [-0.2, 0) is 17.5 Å². The van der Waals surface area contributed by atoms with E-state index in [0.717, 1.165) is 23.9 Å². The van der Waals surface area contributed by atoms with E-state index >= 15 is 0 Å². The molecule has 2 aliphatic heterocycles. The number of halogens is 3. The second kappa shape index (κ2) is 7.56. The number of rotatable bonds is 3. The van der Waals surface area contributed by atoms with E-state index in [1.165, 1.54) is 12.0 Å². The molecule has 0 spiro atoms. The van der Waals surface area contributed by atoms with Crippen molar-refractivity contribution < 1.29 is 32.3 Å². The first-order chi connectivity index (χ1) is 15.1. The number of methoxy groups -OCH3 is 1. The molecule has 1 atom stereocenters. The minimum absolute atomic E-state index is 0.104. The first kappa shape index (κ1) is 21.2. The Morgan fingerprint density at radius 1 is 1.22 bits per heavy atom. The summed E-state index contributed by atoms with van der Waals surface area (Å²) in [5.41, 5.74) is -1.63. The Morgan fingerprint density at radius 3 is 2.59 bits per heavy atom. The summed E-state index contributed by atoms with van der Waals surface area (Å²) in [6.07, 6.45) is -3.68. The number of hydrogen-bond acceptors (Lipinski definition) is 5. The fourth-order valence-corrected chi connectivity index (χ4v) is 3.43. The number of aromatic nitrogens is 1. The van der Waals surface area contributed by atoms with Gasteiger partial charge in [-0.15, -0.1) is 0 Å². The Balaban J connectivity index is 1.62. The summed E-state index contributed by atoms with van der Waals surface area (Å²) in [4.78, 5) is 41.9. The number of amides is 4. The number of nitrogens with one attached hydrogen (secondary N) is 2. The van der Waals surface area contributed by atoms with Crippen molar-refractivity contribution in [1.82, 2.24) is 20.5 Å². The molecule has 2 N–H and O–H groups in total. The molecule has 11 heteroatoms. The molecule has 1 aromatic carbocycles. The van der Waals surface area contributed by atoms with Crippen molar-refractivity contribution in [3.05, 3.63) is 58.9 Å². The fourth-order valence-electron chi connectivity index (χ4n) is 3.43. The lowest BCUT2D eigenvalue weighted by Crippen LogP contribution is -2.54. The maximum Gasteiger partial charge on any atom is 0.433 e. The van der Waals surface area contributed by atoms with Crippen molar-refractivity contribution >= 4 is 17.8 Å². The second-order valence-corrected chi connectivity index (χ2v) is 7.18. The highest BCUT2D eigenvalue weighted by molar-refractivity contribution is 6.10. The van der Waals surface area contributed by atoms with Crippen molar-refractivity contribution in [3.63, 3.8) is 0 Å². The summed E-state index contributed by atoms with van der Waals surface area (Å²) in [5, 5.41) is 4.51. The number of nitrogens with zero attached hydrogens (tertiary/aromatic N) is 2. The van der Waals surface area contributed by atoms with Gasteiger partial charge in [-0.05, 0) is 29.8 Å². The summed E-state index contributed by atoms with van der Waals surface area (Å²) in [6.45, 7) is -0.0754. The normalized spacial score (nSPS) is 19.8. The Hall–Kier alpha value is -4.07. The lowest BCUT2D eigenvalue weighted by molar-refractivity contribution is -0.141. The average molecular weight is 444 g/mol. The molecule has 8 nitrogen and oxygen atoms in total. The van der Waals surface area contributed by atoms with Crippen LogP contribution in [0.15, 0.2) is 36.5 Å². The Kier molecular flexibility index (Phi) is 5.00. The number of hydrogen-bond donors (Lipinski definition) is 2. The molecule has 4 amide bonds. The molecule has 4 rings (SSSR count). The van der Waals surface area contributed by atoms with Gasteiger partial charge in [0, 0.05) is 23.9 Å². The number of urea groups is 1. The Morgan fingerprint density at radius 2 is 2.00 bits per heavy atom. The van der Waals surface area contributed by atoms with Crippen LogP contribution < -0.4 is 15.4 Å². The SMILES string of the molecule is COc1ccc2c(c1)C(=O)N(C[C@@]1(C#Cc3ccc(C(F)(F)F)nc3)NC(=O)NC1=O)C2. The van der Waals surface area contributed by atoms with Gasteiger partial charge < -0.3 is 15.0 Å². The third-order valence-electron chi connectivity index (χ3n) is 5.04. The number of pyridine rings is 1. The van der Waals surface area contributed by atoms with Gasteiger partial charge in [0.2, 0.25) is 5.54 Å². The van der Waals surface area contributed by atoms with E-state index in [1.54, 1.807) is 18.2 Å². The lowest BCUT2D eigenvalue weighted by Gasteiger charge is -2.26. The quantitative estimate of drug-likeness (QED) is 0.555. The van der Waals surface area contributed by atoms with Gasteiger partial charge in [0.1, 0.15) is 11.4 Å². The first-order valence-corrected chi connectivity index (χ1v) is 9.27. The predicted octanol–water partition coefficient (Wildman–Crippen LogP) is 1.69. The molecule has 0 radical (unpaired) electrons. The molecule has 1 aromatic heterocycles. The Bertz CT molecular complexity index is 1180. The second-order valence-electron chi connectivity index (χ2n) is 7.18. The zero-order chi connectivity index (χ0) is 23.1. The molecule has 0 bridgehead atoms. The third-order valence-corrected chi connectivity index (χ3v) is 5.04. The summed E-state index contributed by atoms with van der Waals surface area (Å²) in [5.74, 6) is 4.54. The fraction of sp³-hybridized carbons (Fsp3) is 0.238. The Labute approximate surface area is 179 Å². The van der Waals surface area contributed by atoms with Crippen LogP contribution in [0.5, 0.6) is 5.75 Å². The number of imide groups is 1. The largest absolute Gasteiger partial charge is 0.497 e. The summed E-state index contributed by atoms with van der Waals surface area (Å²) in [7, 11) is 1.47. The van der Waals surface area contributed by atoms with E-state index in [-0.39, 0.29) is 24.6 Å². The van der Waals surface area contributed by atoms with Gasteiger partial charge >= 0.3 is 12.2 Å². The van der Waals surface area contributed by atoms with Crippen LogP contribution in [0.3, 0.4) is 0 Å². The van der Waals surface area contributed by atoms with Crippen LogP contribution in [0.4, 0.5) is 18.0 Å². The number of fused-ring (bicyclic) bond motifs is 1. The topological polar surface area (TPSA) is 101 Å². The van der Waals surface area contributed by atoms with Gasteiger partial charge in [0.05, 0.1) is 13.7 Å². The number of carbonyl (C=O) groups excluding carboxylic acids is 3. The molecule has 0 saturated carbocycles. The maximum absolute atomic E-state index is 12.9. The summed E-state index contributed by atoms with van der Waals surface area (Å²) >= 11 is 0. The van der Waals surface area contributed by atoms with E-state index in [0.29, 0.717) is 11.3 Å². The van der Waals surface area contributed by atoms with E-state index in [1.807, 2.05) is 0 Å². The zero-order valence-electron chi connectivity index (χ0n) is 16.5. The van der Waals surface area contributed by atoms with Gasteiger partial charge in [-0.25, -0.2) is 4.79 Å². The van der Waals surface area contributed by atoms with Crippen LogP contribution >= 0.6 is 0 Å². The first-order valence-electron chi connectivity index (χ1n) is 9.27. The van der Waals surface area contributed by atoms with Crippen molar-refractivity contribution in [1.29, 1.82) is 0 Å². The highest BCUT2D eigenvalue weighted by atomic mass is 19.4. The molecule has 2 aliphatic rings. The molecule has 164 valence electrons. The molecule has 32 heavy (non-hydrogen) atoms. The van der Waals surface area contributed by atoms with E-state index < -0.39 is 29.3 Å². The lowest BCUT2D eigenvalue weighted by atomic mass is 9.99. The monoisotopic (exact) mass is 444 g/mol. The number of carbonyl (C=O) groups is 3. The predicted molar refractivity (Wildman–Crippen MR) is 103 cm³/mol. The van der Waals surface area contributed by atoms with Crippen LogP contribution in [0.25, 0.3) is 0 Å². The van der Waals surface area contributed by atoms with Crippen LogP contribution in [-0.4, -0.2) is 46.9 Å². The highest BCUT2D eigenvalue weighted by Gasteiger charge is 2.48. The molecule has 0 aliphatic carbocycles. The van der Waals surface area contributed by atoms with E-state index in [4.69, 9.17) is 4.74 Å². The van der Waals surface area contributed by atoms with E-state index in [9.17, 15) is 27.6 Å². The van der Waals surface area contributed by atoms with Crippen LogP contribution in [0.2, 0.25) is 0 Å². The zero-order valence-corrected chi connectivity index (χ0v) is 16.5. The number of ether oxygens (including phenoxy) is 1. The van der Waals surface area contributed by atoms with Crippen molar-refractivity contribution in [2.24, 2.45) is 0 Å². The molecular weight excluding hydrogens is 429 g/mol. The number of benzene rings is 1. The van der Waals surface area contributed by atoms with E-state index in [2.05, 4.69) is 27.5 Å². The van der Waals surface area contributed by atoms with Gasteiger partial charge in [0.15, 0.2) is 0 Å². The molecule has 2 aromatic rings. The maximum atomic E-state index is 12.9. The van der Waals surface area contributed by atoms with Gasteiger partial charge in [-0.2, -0.15) is 13.2 Å². The third kappa shape index (κ3) is 3.82. The molecule has 1 saturated heterocycles. The van der Waals surface area contributed by atoms with Crippen molar-refractivity contribution in [2.45, 2.75) is 18.3 Å². The summed E-state index contributed by atoms with van der Waals surface area (Å²) in [6, 6.07) is 6.09. The summed E-state index contributed by atoms with van der Waals surface area (Å²) < 4.78 is 43.2. The number of alkyl halides is 3. The minimum Gasteiger partial charge on any atom is -0.497 e. The average Bonchev–Trinajstić information content (AvgIpc) is 3.21. The van der Waals surface area contributed by atoms with Gasteiger partial charge in [-0.3, -0.25) is 19.9 Å². The smallest absolute Gasteiger partial charge is 0.433 e. The van der Waals surface area contributed by atoms with Gasteiger partial charge in [-0.1, -0.05) is 17.9 Å². The van der Waals surface area contributed by atoms with Crippen molar-refractivity contribution in [3.8, 4) is 17.6 Å². The van der Waals surface area contributed by atoms with Crippen LogP contribution in [0, 0.1) is 11.8 Å². The van der Waals surface area contributed by atoms with Crippen LogP contribution in [0.1, 0.15) is 27.2 Å². The highest BCUT2D eigenvalue weighted by Crippen LogP contribution is 2.29. The van der Waals surface area contributed by atoms with Gasteiger partial charge in [0.25, 0.3) is 11.8 Å². The standard InChI is InChI=1S/C21H15F3N4O4/c1-32-14-4-3-13-10-28(17(29)15(13)8-14)11-20(18(30)26-19(31)27-20)7-6-12-2-5-16(25-9-12)21(22,23)24/h2-5,8-9H,10-11H2,1H3,(H2,26,27,30,31)/t20-/m1/s1. The molecule has 1 fully saturated rings. The molecule has 0 unspecified atom stereocenters. The minimum atomic E-state index is -4.60. The molecule has 3 heterocycles. The van der Waals surface area contributed by atoms with Crippen molar-refractivity contribution in [2.75, 3.05) is 13.7 Å².